The van der Waals surface area contributed by atoms with E-state index in [1.54, 1.807) is 12.4 Å². The molecule has 39 heavy (non-hydrogen) atoms. The molecule has 200 valence electrons. The number of benzene rings is 1. The normalized spacial score (nSPS) is 16.4. The van der Waals surface area contributed by atoms with Crippen molar-refractivity contribution < 1.29 is 9.53 Å². The molecule has 2 aliphatic rings. The van der Waals surface area contributed by atoms with Gasteiger partial charge < -0.3 is 30.5 Å². The number of pyridine rings is 1. The second kappa shape index (κ2) is 10.8. The van der Waals surface area contributed by atoms with Crippen LogP contribution in [0.15, 0.2) is 48.9 Å². The number of nitrogens with two attached hydrogens (primary N) is 1. The van der Waals surface area contributed by atoms with Gasteiger partial charge >= 0.3 is 6.03 Å². The highest BCUT2D eigenvalue weighted by Crippen LogP contribution is 2.30. The predicted octanol–water partition coefficient (Wildman–Crippen LogP) is 2.35. The first-order chi connectivity index (χ1) is 19.0. The number of hydrogen-bond acceptors (Lipinski definition) is 10. The summed E-state index contributed by atoms with van der Waals surface area (Å²) in [7, 11) is 2.07. The Kier molecular flexibility index (Phi) is 6.86. The molecule has 0 unspecified atom stereocenters. The van der Waals surface area contributed by atoms with Crippen molar-refractivity contribution in [2.75, 3.05) is 75.5 Å². The Labute approximate surface area is 225 Å². The summed E-state index contributed by atoms with van der Waals surface area (Å²) in [6.45, 7) is 5.83. The van der Waals surface area contributed by atoms with Crippen LogP contribution in [0.2, 0.25) is 0 Å². The van der Waals surface area contributed by atoms with Crippen LogP contribution in [0.5, 0.6) is 0 Å². The average molecular weight is 527 g/mol. The van der Waals surface area contributed by atoms with Gasteiger partial charge in [-0.05, 0) is 30.8 Å². The number of rotatable bonds is 4. The van der Waals surface area contributed by atoms with Crippen LogP contribution in [-0.2, 0) is 4.74 Å². The number of ether oxygens (including phenoxy) is 1. The molecule has 1 aromatic carbocycles. The lowest BCUT2D eigenvalue weighted by molar-refractivity contribution is 0.122. The molecule has 0 saturated carbocycles. The van der Waals surface area contributed by atoms with Gasteiger partial charge in [-0.25, -0.2) is 24.7 Å². The minimum Gasteiger partial charge on any atom is -0.378 e. The van der Waals surface area contributed by atoms with Crippen LogP contribution < -0.4 is 16.0 Å². The highest BCUT2D eigenvalue weighted by molar-refractivity contribution is 5.92. The van der Waals surface area contributed by atoms with E-state index < -0.39 is 0 Å². The Balaban J connectivity index is 1.34. The van der Waals surface area contributed by atoms with Crippen LogP contribution in [0.25, 0.3) is 33.5 Å². The summed E-state index contributed by atoms with van der Waals surface area (Å²) in [4.78, 5) is 41.7. The van der Waals surface area contributed by atoms with E-state index in [1.807, 2.05) is 41.4 Å². The molecule has 0 atom stereocenters. The van der Waals surface area contributed by atoms with Gasteiger partial charge in [-0.1, -0.05) is 12.1 Å². The van der Waals surface area contributed by atoms with E-state index >= 15 is 0 Å². The third-order valence-electron chi connectivity index (χ3n) is 7.00. The SMILES string of the molecule is CN1CCN(C(=O)Nc2cccc(-c3cnc4c(N5CCOCC5)nc(-c5cnc(N)nc5)nc4c3)c2)CC1. The van der Waals surface area contributed by atoms with Crippen molar-refractivity contribution in [3.8, 4) is 22.5 Å². The number of hydrogen-bond donors (Lipinski definition) is 2. The van der Waals surface area contributed by atoms with Gasteiger partial charge in [0.2, 0.25) is 5.95 Å². The van der Waals surface area contributed by atoms with Crippen molar-refractivity contribution in [2.45, 2.75) is 0 Å². The lowest BCUT2D eigenvalue weighted by Gasteiger charge is -2.32. The maximum atomic E-state index is 12.8. The number of carbonyl (C=O) groups excluding carboxylic acids is 1. The summed E-state index contributed by atoms with van der Waals surface area (Å²) >= 11 is 0. The molecule has 0 aliphatic carbocycles. The van der Waals surface area contributed by atoms with Gasteiger partial charge in [0.25, 0.3) is 0 Å². The second-order valence-corrected chi connectivity index (χ2v) is 9.69. The first-order valence-corrected chi connectivity index (χ1v) is 13.0. The van der Waals surface area contributed by atoms with Crippen molar-refractivity contribution in [2.24, 2.45) is 0 Å². The number of aromatic nitrogens is 5. The number of fused-ring (bicyclic) bond motifs is 1. The van der Waals surface area contributed by atoms with Crippen molar-refractivity contribution in [3.63, 3.8) is 0 Å². The zero-order valence-electron chi connectivity index (χ0n) is 21.7. The Morgan fingerprint density at radius 2 is 1.64 bits per heavy atom. The third-order valence-corrected chi connectivity index (χ3v) is 7.00. The number of amides is 2. The van der Waals surface area contributed by atoms with Crippen LogP contribution in [-0.4, -0.2) is 100 Å². The van der Waals surface area contributed by atoms with E-state index in [-0.39, 0.29) is 12.0 Å². The molecule has 3 N–H and O–H groups in total. The number of nitrogens with zero attached hydrogens (tertiary/aromatic N) is 8. The van der Waals surface area contributed by atoms with Crippen molar-refractivity contribution >= 4 is 34.5 Å². The van der Waals surface area contributed by atoms with Gasteiger partial charge in [-0.2, -0.15) is 0 Å². The summed E-state index contributed by atoms with van der Waals surface area (Å²) in [5, 5.41) is 3.04. The monoisotopic (exact) mass is 526 g/mol. The molecule has 0 spiro atoms. The number of likely N-dealkylation sites (N-methyl/N-ethyl adjacent to an activating group) is 1. The van der Waals surface area contributed by atoms with Gasteiger partial charge in [0.1, 0.15) is 5.52 Å². The van der Waals surface area contributed by atoms with E-state index in [2.05, 4.69) is 32.1 Å². The fourth-order valence-electron chi connectivity index (χ4n) is 4.73. The van der Waals surface area contributed by atoms with Crippen molar-refractivity contribution in [1.82, 2.24) is 34.7 Å². The smallest absolute Gasteiger partial charge is 0.321 e. The molecule has 2 aliphatic heterocycles. The second-order valence-electron chi connectivity index (χ2n) is 9.69. The van der Waals surface area contributed by atoms with Gasteiger partial charge in [-0.15, -0.1) is 0 Å². The summed E-state index contributed by atoms with van der Waals surface area (Å²) in [5.41, 5.74) is 10.3. The lowest BCUT2D eigenvalue weighted by Crippen LogP contribution is -2.48. The molecule has 3 aromatic heterocycles. The van der Waals surface area contributed by atoms with Crippen molar-refractivity contribution in [1.29, 1.82) is 0 Å². The first kappa shape index (κ1) is 24.9. The zero-order valence-corrected chi connectivity index (χ0v) is 21.7. The van der Waals surface area contributed by atoms with Gasteiger partial charge in [0.05, 0.1) is 24.3 Å². The van der Waals surface area contributed by atoms with Gasteiger partial charge in [-0.3, -0.25) is 4.98 Å². The number of nitrogen functional groups attached to an aromatic ring is 1. The number of piperazine rings is 1. The van der Waals surface area contributed by atoms with Crippen LogP contribution in [0.4, 0.5) is 22.2 Å². The minimum absolute atomic E-state index is 0.0878. The van der Waals surface area contributed by atoms with Crippen LogP contribution in [0, 0.1) is 0 Å². The molecule has 5 heterocycles. The molecule has 12 nitrogen and oxygen atoms in total. The largest absolute Gasteiger partial charge is 0.378 e. The Hall–Kier alpha value is -4.42. The molecule has 6 rings (SSSR count). The number of carbonyl (C=O) groups is 1. The maximum absolute atomic E-state index is 12.8. The van der Waals surface area contributed by atoms with Gasteiger partial charge in [0.15, 0.2) is 11.6 Å². The van der Waals surface area contributed by atoms with E-state index in [0.29, 0.717) is 61.8 Å². The van der Waals surface area contributed by atoms with Crippen LogP contribution in [0.3, 0.4) is 0 Å². The zero-order chi connectivity index (χ0) is 26.8. The highest BCUT2D eigenvalue weighted by atomic mass is 16.5. The average Bonchev–Trinajstić information content (AvgIpc) is 2.97. The molecule has 2 fully saturated rings. The minimum atomic E-state index is -0.0878. The van der Waals surface area contributed by atoms with Crippen molar-refractivity contribution in [3.05, 3.63) is 48.9 Å². The fourth-order valence-corrected chi connectivity index (χ4v) is 4.73. The summed E-state index contributed by atoms with van der Waals surface area (Å²) in [6.07, 6.45) is 5.07. The molecule has 2 amide bonds. The first-order valence-electron chi connectivity index (χ1n) is 13.0. The Morgan fingerprint density at radius 1 is 0.897 bits per heavy atom. The van der Waals surface area contributed by atoms with E-state index in [9.17, 15) is 4.79 Å². The van der Waals surface area contributed by atoms with E-state index in [4.69, 9.17) is 25.4 Å². The summed E-state index contributed by atoms with van der Waals surface area (Å²) in [6, 6.07) is 9.68. The number of nitrogens with one attached hydrogen (secondary N) is 1. The maximum Gasteiger partial charge on any atom is 0.321 e. The Morgan fingerprint density at radius 3 is 2.41 bits per heavy atom. The quantitative estimate of drug-likeness (QED) is 0.407. The number of anilines is 3. The molecule has 0 radical (unpaired) electrons. The van der Waals surface area contributed by atoms with Crippen LogP contribution in [0.1, 0.15) is 0 Å². The predicted molar refractivity (Wildman–Crippen MR) is 149 cm³/mol. The number of urea groups is 1. The molecule has 4 aromatic rings. The summed E-state index contributed by atoms with van der Waals surface area (Å²) in [5.74, 6) is 1.43. The Bertz CT molecular complexity index is 1480. The molecular weight excluding hydrogens is 496 g/mol. The number of morpholine rings is 1. The summed E-state index contributed by atoms with van der Waals surface area (Å²) < 4.78 is 5.55. The van der Waals surface area contributed by atoms with E-state index in [0.717, 1.165) is 35.7 Å². The molecular formula is C27H30N10O2. The molecule has 0 bridgehead atoms. The highest BCUT2D eigenvalue weighted by Gasteiger charge is 2.21. The molecule has 12 heteroatoms. The standard InChI is InChI=1S/C27H30N10O2/c1-35-5-7-37(8-6-35)27(38)32-21-4-2-3-18(13-21)19-14-22-23(29-15-19)25(36-9-11-39-12-10-36)34-24(33-22)20-16-30-26(28)31-17-20/h2-4,13-17H,5-12H2,1H3,(H,32,38)(H2,28,30,31). The fraction of sp³-hybridized carbons (Fsp3) is 0.333. The van der Waals surface area contributed by atoms with Gasteiger partial charge in [0, 0.05) is 69.1 Å². The third kappa shape index (κ3) is 5.42. The topological polar surface area (TPSA) is 139 Å². The van der Waals surface area contributed by atoms with Crippen LogP contribution >= 0.6 is 0 Å². The van der Waals surface area contributed by atoms with E-state index in [1.165, 1.54) is 0 Å². The lowest BCUT2D eigenvalue weighted by atomic mass is 10.1. The molecule has 2 saturated heterocycles.